The molecule has 4 heteroatoms. The summed E-state index contributed by atoms with van der Waals surface area (Å²) in [7, 11) is 0. The molecule has 0 N–H and O–H groups in total. The minimum absolute atomic E-state index is 0. The molecule has 0 heterocycles. The number of hydrogen-bond acceptors (Lipinski definition) is 0. The van der Waals surface area contributed by atoms with Gasteiger partial charge in [0.25, 0.3) is 0 Å². The van der Waals surface area contributed by atoms with Crippen LogP contribution in [0.15, 0.2) is 0 Å². The predicted octanol–water partition coefficient (Wildman–Crippen LogP) is -2.37. The van der Waals surface area contributed by atoms with E-state index in [0.717, 1.165) is 0 Å². The molecule has 4 heavy (non-hydrogen) atoms. The van der Waals surface area contributed by atoms with Crippen molar-refractivity contribution in [1.82, 2.24) is 0 Å². The van der Waals surface area contributed by atoms with Crippen molar-refractivity contribution in [2.75, 3.05) is 0 Å². The smallest absolute Gasteiger partial charge is 0 e. The van der Waals surface area contributed by atoms with Gasteiger partial charge in [-0.1, -0.05) is 0 Å². The van der Waals surface area contributed by atoms with Crippen LogP contribution in [0.3, 0.4) is 0 Å². The van der Waals surface area contributed by atoms with Gasteiger partial charge in [0.1, 0.15) is 0 Å². The zero-order valence-corrected chi connectivity index (χ0v) is 4.65. The van der Waals surface area contributed by atoms with Crippen LogP contribution in [-0.4, -0.2) is 34.7 Å². The second kappa shape index (κ2) is 18.7. The summed E-state index contributed by atoms with van der Waals surface area (Å²) in [4.78, 5) is 0. The first-order valence-electron chi connectivity index (χ1n) is 0. The summed E-state index contributed by atoms with van der Waals surface area (Å²) < 4.78 is 0. The van der Waals surface area contributed by atoms with Crippen LogP contribution in [0.5, 0.6) is 0 Å². The standard InChI is InChI=1S/2Al.Ni.W.6H. The van der Waals surface area contributed by atoms with Crippen molar-refractivity contribution in [3.8, 4) is 0 Å². The molecule has 0 aliphatic carbocycles. The third kappa shape index (κ3) is 8.87. The van der Waals surface area contributed by atoms with E-state index in [9.17, 15) is 0 Å². The first-order chi connectivity index (χ1) is 0. The maximum atomic E-state index is 0. The van der Waals surface area contributed by atoms with Gasteiger partial charge in [-0.15, -0.1) is 0 Å². The Morgan fingerprint density at radius 3 is 0.750 bits per heavy atom. The van der Waals surface area contributed by atoms with Crippen LogP contribution < -0.4 is 0 Å². The van der Waals surface area contributed by atoms with E-state index in [4.69, 9.17) is 0 Å². The molecule has 0 unspecified atom stereocenters. The summed E-state index contributed by atoms with van der Waals surface area (Å²) >= 11 is 0. The molecule has 0 saturated carbocycles. The van der Waals surface area contributed by atoms with Crippen LogP contribution in [0.2, 0.25) is 0 Å². The summed E-state index contributed by atoms with van der Waals surface area (Å²) in [6.45, 7) is 0. The van der Waals surface area contributed by atoms with Crippen molar-refractivity contribution < 1.29 is 37.6 Å². The second-order valence-electron chi connectivity index (χ2n) is 0. The topological polar surface area (TPSA) is 0 Å². The maximum absolute atomic E-state index is 0. The van der Waals surface area contributed by atoms with E-state index in [-0.39, 0.29) is 72.3 Å². The van der Waals surface area contributed by atoms with Crippen LogP contribution in [0.4, 0.5) is 0 Å². The molecular weight excluding hydrogens is 296 g/mol. The Morgan fingerprint density at radius 1 is 0.750 bits per heavy atom. The van der Waals surface area contributed by atoms with Gasteiger partial charge in [-0.2, -0.15) is 0 Å². The van der Waals surface area contributed by atoms with E-state index in [2.05, 4.69) is 0 Å². The zero-order chi connectivity index (χ0) is 0. The van der Waals surface area contributed by atoms with Crippen molar-refractivity contribution in [3.63, 3.8) is 0 Å². The van der Waals surface area contributed by atoms with Crippen molar-refractivity contribution in [3.05, 3.63) is 0 Å². The average molecular weight is 303 g/mol. The number of hydrogen-bond donors (Lipinski definition) is 0. The maximum Gasteiger partial charge on any atom is 0.187 e. The minimum atomic E-state index is 0. The Bertz CT molecular complexity index is 6.00. The van der Waals surface area contributed by atoms with Gasteiger partial charge in [-0.3, -0.25) is 0 Å². The summed E-state index contributed by atoms with van der Waals surface area (Å²) in [5.41, 5.74) is 0. The Labute approximate surface area is 71.6 Å². The molecule has 0 bridgehead atoms. The van der Waals surface area contributed by atoms with Gasteiger partial charge in [0, 0.05) is 37.6 Å². The molecule has 0 atom stereocenters. The molecule has 0 radical (unpaired) electrons. The Hall–Kier alpha value is 2.25. The average Bonchev–Trinajstić information content (AvgIpc) is 0. The largest absolute Gasteiger partial charge is 0.187 e. The Morgan fingerprint density at radius 2 is 0.750 bits per heavy atom. The minimum Gasteiger partial charge on any atom is 0 e. The Kier molecular flexibility index (Phi) is 160. The van der Waals surface area contributed by atoms with E-state index in [0.29, 0.717) is 0 Å². The summed E-state index contributed by atoms with van der Waals surface area (Å²) in [6, 6.07) is 0. The van der Waals surface area contributed by atoms with Crippen molar-refractivity contribution in [1.29, 1.82) is 0 Å². The molecule has 0 aromatic rings. The van der Waals surface area contributed by atoms with Crippen LogP contribution >= 0.6 is 0 Å². The molecule has 0 aliphatic rings. The predicted molar refractivity (Wildman–Crippen MR) is 19.9 cm³/mol. The normalized spacial score (nSPS) is 0. The quantitative estimate of drug-likeness (QED) is 0.439. The zero-order valence-electron chi connectivity index (χ0n) is 0.724. The van der Waals surface area contributed by atoms with E-state index in [1.165, 1.54) is 0 Å². The first kappa shape index (κ1) is 34.1. The molecule has 0 aromatic carbocycles. The summed E-state index contributed by atoms with van der Waals surface area (Å²) in [5, 5.41) is 0. The molecule has 0 nitrogen and oxygen atoms in total. The SMILES string of the molecule is [AlH3].[AlH3].[Ni].[W]. The van der Waals surface area contributed by atoms with Gasteiger partial charge < -0.3 is 0 Å². The fourth-order valence-corrected chi connectivity index (χ4v) is 0. The first-order valence-corrected chi connectivity index (χ1v) is 0. The van der Waals surface area contributed by atoms with Gasteiger partial charge >= 0.3 is 0 Å². The van der Waals surface area contributed by atoms with Crippen LogP contribution in [-0.2, 0) is 37.6 Å². The summed E-state index contributed by atoms with van der Waals surface area (Å²) in [5.74, 6) is 0. The molecular formula is H6Al2NiW. The molecule has 0 rings (SSSR count). The molecule has 0 aliphatic heterocycles. The van der Waals surface area contributed by atoms with Crippen LogP contribution in [0, 0.1) is 0 Å². The van der Waals surface area contributed by atoms with Gasteiger partial charge in [-0.25, -0.2) is 0 Å². The second-order valence-corrected chi connectivity index (χ2v) is 0. The van der Waals surface area contributed by atoms with Crippen LogP contribution in [0.25, 0.3) is 0 Å². The molecule has 0 amide bonds. The van der Waals surface area contributed by atoms with E-state index in [1.807, 2.05) is 0 Å². The Balaban J connectivity index is 0. The molecule has 0 saturated heterocycles. The van der Waals surface area contributed by atoms with Crippen molar-refractivity contribution in [2.24, 2.45) is 0 Å². The van der Waals surface area contributed by atoms with Gasteiger partial charge in [0.15, 0.2) is 34.7 Å². The van der Waals surface area contributed by atoms with Crippen LogP contribution in [0.1, 0.15) is 0 Å². The van der Waals surface area contributed by atoms with E-state index >= 15 is 0 Å². The fraction of sp³-hybridized carbons (Fsp3) is 0. The van der Waals surface area contributed by atoms with Gasteiger partial charge in [0.2, 0.25) is 0 Å². The fourth-order valence-electron chi connectivity index (χ4n) is 0. The third-order valence-corrected chi connectivity index (χ3v) is 0. The van der Waals surface area contributed by atoms with Gasteiger partial charge in [-0.05, 0) is 0 Å². The summed E-state index contributed by atoms with van der Waals surface area (Å²) in [6.07, 6.45) is 0. The monoisotopic (exact) mass is 302 g/mol. The third-order valence-electron chi connectivity index (χ3n) is 0. The molecule has 0 fully saturated rings. The van der Waals surface area contributed by atoms with E-state index in [1.54, 1.807) is 0 Å². The number of rotatable bonds is 0. The van der Waals surface area contributed by atoms with E-state index < -0.39 is 0 Å². The molecule has 28 valence electrons. The molecule has 0 spiro atoms. The van der Waals surface area contributed by atoms with Gasteiger partial charge in [0.05, 0.1) is 0 Å². The molecule has 0 aromatic heterocycles. The van der Waals surface area contributed by atoms with Crippen molar-refractivity contribution >= 4 is 34.7 Å². The van der Waals surface area contributed by atoms with Crippen molar-refractivity contribution in [2.45, 2.75) is 0 Å².